The summed E-state index contributed by atoms with van der Waals surface area (Å²) in [4.78, 5) is 2.48. The minimum absolute atomic E-state index is 0.582. The molecular weight excluding hydrogens is 196 g/mol. The van der Waals surface area contributed by atoms with E-state index in [0.717, 1.165) is 12.1 Å². The van der Waals surface area contributed by atoms with Gasteiger partial charge >= 0.3 is 0 Å². The van der Waals surface area contributed by atoms with Crippen molar-refractivity contribution in [1.29, 1.82) is 5.26 Å². The summed E-state index contributed by atoms with van der Waals surface area (Å²) >= 11 is 0. The molecule has 1 fully saturated rings. The molecule has 0 spiro atoms. The fraction of sp³-hybridized carbons (Fsp3) is 0.500. The van der Waals surface area contributed by atoms with Crippen molar-refractivity contribution in [1.82, 2.24) is 4.90 Å². The van der Waals surface area contributed by atoms with Crippen LogP contribution in [0.3, 0.4) is 0 Å². The van der Waals surface area contributed by atoms with E-state index in [4.69, 9.17) is 5.26 Å². The number of likely N-dealkylation sites (tertiary alicyclic amines) is 1. The molecule has 16 heavy (non-hydrogen) atoms. The van der Waals surface area contributed by atoms with E-state index in [0.29, 0.717) is 5.92 Å². The molecule has 0 radical (unpaired) electrons. The van der Waals surface area contributed by atoms with Gasteiger partial charge in [-0.15, -0.1) is 0 Å². The topological polar surface area (TPSA) is 27.0 Å². The first-order valence-electron chi connectivity index (χ1n) is 6.06. The summed E-state index contributed by atoms with van der Waals surface area (Å²) in [5.41, 5.74) is 2.11. The van der Waals surface area contributed by atoms with Crippen LogP contribution in [0.1, 0.15) is 36.8 Å². The van der Waals surface area contributed by atoms with E-state index < -0.39 is 0 Å². The largest absolute Gasteiger partial charge is 0.304 e. The molecule has 0 saturated carbocycles. The van der Waals surface area contributed by atoms with Gasteiger partial charge in [-0.05, 0) is 50.0 Å². The van der Waals surface area contributed by atoms with E-state index in [-0.39, 0.29) is 0 Å². The lowest BCUT2D eigenvalue weighted by Crippen LogP contribution is -2.32. The fourth-order valence-corrected chi connectivity index (χ4v) is 2.52. The predicted octanol–water partition coefficient (Wildman–Crippen LogP) is 2.76. The van der Waals surface area contributed by atoms with Gasteiger partial charge in [0.1, 0.15) is 0 Å². The number of benzene rings is 1. The molecule has 0 aromatic heterocycles. The summed E-state index contributed by atoms with van der Waals surface area (Å²) in [7, 11) is 0. The standard InChI is InChI=1S/C14H18N2/c1-2-16-9-7-12(8-10-16)14-6-4-3-5-13(14)11-15/h3-6,12H,2,7-10H2,1H3. The van der Waals surface area contributed by atoms with Gasteiger partial charge in [0.25, 0.3) is 0 Å². The highest BCUT2D eigenvalue weighted by molar-refractivity contribution is 5.39. The van der Waals surface area contributed by atoms with Crippen molar-refractivity contribution in [2.24, 2.45) is 0 Å². The lowest BCUT2D eigenvalue weighted by Gasteiger charge is -2.31. The summed E-state index contributed by atoms with van der Waals surface area (Å²) in [6.45, 7) is 5.69. The van der Waals surface area contributed by atoms with Crippen LogP contribution in [0.15, 0.2) is 24.3 Å². The lowest BCUT2D eigenvalue weighted by molar-refractivity contribution is 0.222. The van der Waals surface area contributed by atoms with E-state index in [1.807, 2.05) is 18.2 Å². The highest BCUT2D eigenvalue weighted by atomic mass is 15.1. The smallest absolute Gasteiger partial charge is 0.0994 e. The van der Waals surface area contributed by atoms with E-state index >= 15 is 0 Å². The molecule has 1 heterocycles. The quantitative estimate of drug-likeness (QED) is 0.757. The first-order valence-corrected chi connectivity index (χ1v) is 6.06. The number of nitriles is 1. The van der Waals surface area contributed by atoms with Gasteiger partial charge in [0.2, 0.25) is 0 Å². The fourth-order valence-electron chi connectivity index (χ4n) is 2.52. The lowest BCUT2D eigenvalue weighted by atomic mass is 9.87. The number of piperidine rings is 1. The SMILES string of the molecule is CCN1CCC(c2ccccc2C#N)CC1. The van der Waals surface area contributed by atoms with Gasteiger partial charge < -0.3 is 4.90 Å². The van der Waals surface area contributed by atoms with E-state index in [1.165, 1.54) is 31.5 Å². The first-order chi connectivity index (χ1) is 7.85. The van der Waals surface area contributed by atoms with Crippen LogP contribution in [0.4, 0.5) is 0 Å². The monoisotopic (exact) mass is 214 g/mol. The number of hydrogen-bond donors (Lipinski definition) is 0. The average Bonchev–Trinajstić information content (AvgIpc) is 2.39. The number of hydrogen-bond acceptors (Lipinski definition) is 2. The summed E-state index contributed by atoms with van der Waals surface area (Å²) in [6.07, 6.45) is 2.37. The van der Waals surface area contributed by atoms with E-state index in [1.54, 1.807) is 0 Å². The van der Waals surface area contributed by atoms with Crippen molar-refractivity contribution in [2.45, 2.75) is 25.7 Å². The van der Waals surface area contributed by atoms with Crippen LogP contribution in [-0.2, 0) is 0 Å². The summed E-state index contributed by atoms with van der Waals surface area (Å²) in [6, 6.07) is 10.3. The molecule has 84 valence electrons. The van der Waals surface area contributed by atoms with E-state index in [9.17, 15) is 0 Å². The van der Waals surface area contributed by atoms with Crippen LogP contribution in [0.5, 0.6) is 0 Å². The molecule has 0 aliphatic carbocycles. The van der Waals surface area contributed by atoms with Crippen molar-refractivity contribution >= 4 is 0 Å². The van der Waals surface area contributed by atoms with Crippen LogP contribution in [0, 0.1) is 11.3 Å². The molecule has 1 saturated heterocycles. The molecule has 1 aromatic carbocycles. The van der Waals surface area contributed by atoms with Crippen LogP contribution in [0.2, 0.25) is 0 Å². The Balaban J connectivity index is 2.11. The second-order valence-electron chi connectivity index (χ2n) is 4.41. The summed E-state index contributed by atoms with van der Waals surface area (Å²) in [5.74, 6) is 0.582. The van der Waals surface area contributed by atoms with Gasteiger partial charge in [-0.3, -0.25) is 0 Å². The van der Waals surface area contributed by atoms with Crippen LogP contribution >= 0.6 is 0 Å². The van der Waals surface area contributed by atoms with Crippen LogP contribution in [0.25, 0.3) is 0 Å². The Kier molecular flexibility index (Phi) is 3.58. The molecule has 2 heteroatoms. The van der Waals surface area contributed by atoms with Gasteiger partial charge in [-0.1, -0.05) is 25.1 Å². The van der Waals surface area contributed by atoms with Crippen molar-refractivity contribution in [2.75, 3.05) is 19.6 Å². The maximum Gasteiger partial charge on any atom is 0.0994 e. The Bertz CT molecular complexity index is 384. The number of rotatable bonds is 2. The van der Waals surface area contributed by atoms with Gasteiger partial charge in [0, 0.05) is 0 Å². The highest BCUT2D eigenvalue weighted by Gasteiger charge is 2.21. The van der Waals surface area contributed by atoms with Crippen LogP contribution in [-0.4, -0.2) is 24.5 Å². The predicted molar refractivity (Wildman–Crippen MR) is 65.2 cm³/mol. The maximum atomic E-state index is 9.09. The molecule has 0 bridgehead atoms. The molecule has 1 aliphatic rings. The zero-order valence-electron chi connectivity index (χ0n) is 9.82. The Labute approximate surface area is 97.5 Å². The Hall–Kier alpha value is -1.33. The van der Waals surface area contributed by atoms with Gasteiger partial charge in [-0.2, -0.15) is 5.26 Å². The minimum Gasteiger partial charge on any atom is -0.304 e. The highest BCUT2D eigenvalue weighted by Crippen LogP contribution is 2.29. The molecule has 1 aromatic rings. The Morgan fingerprint density at radius 2 is 2.00 bits per heavy atom. The normalized spacial score (nSPS) is 18.2. The number of nitrogens with zero attached hydrogens (tertiary/aromatic N) is 2. The molecular formula is C14H18N2. The molecule has 0 amide bonds. The third-order valence-corrected chi connectivity index (χ3v) is 3.56. The first kappa shape index (κ1) is 11.2. The Morgan fingerprint density at radius 1 is 1.31 bits per heavy atom. The second-order valence-corrected chi connectivity index (χ2v) is 4.41. The second kappa shape index (κ2) is 5.14. The Morgan fingerprint density at radius 3 is 2.62 bits per heavy atom. The van der Waals surface area contributed by atoms with Gasteiger partial charge in [0.15, 0.2) is 0 Å². The van der Waals surface area contributed by atoms with Crippen molar-refractivity contribution in [3.8, 4) is 6.07 Å². The molecule has 0 N–H and O–H groups in total. The molecule has 2 nitrogen and oxygen atoms in total. The van der Waals surface area contributed by atoms with E-state index in [2.05, 4.69) is 24.0 Å². The minimum atomic E-state index is 0.582. The zero-order valence-corrected chi connectivity index (χ0v) is 9.82. The summed E-state index contributed by atoms with van der Waals surface area (Å²) < 4.78 is 0. The molecule has 1 aliphatic heterocycles. The molecule has 2 rings (SSSR count). The third-order valence-electron chi connectivity index (χ3n) is 3.56. The van der Waals surface area contributed by atoms with Crippen LogP contribution < -0.4 is 0 Å². The van der Waals surface area contributed by atoms with Gasteiger partial charge in [-0.25, -0.2) is 0 Å². The summed E-state index contributed by atoms with van der Waals surface area (Å²) in [5, 5.41) is 9.09. The average molecular weight is 214 g/mol. The maximum absolute atomic E-state index is 9.09. The molecule has 0 atom stereocenters. The van der Waals surface area contributed by atoms with Crippen molar-refractivity contribution in [3.05, 3.63) is 35.4 Å². The van der Waals surface area contributed by atoms with Crippen molar-refractivity contribution < 1.29 is 0 Å². The van der Waals surface area contributed by atoms with Gasteiger partial charge in [0.05, 0.1) is 11.6 Å². The zero-order chi connectivity index (χ0) is 11.4. The molecule has 0 unspecified atom stereocenters. The third kappa shape index (κ3) is 2.25. The van der Waals surface area contributed by atoms with Crippen molar-refractivity contribution in [3.63, 3.8) is 0 Å².